The van der Waals surface area contributed by atoms with Gasteiger partial charge in [0.2, 0.25) is 0 Å². The van der Waals surface area contributed by atoms with Gasteiger partial charge in [0.05, 0.1) is 12.2 Å². The van der Waals surface area contributed by atoms with Gasteiger partial charge >= 0.3 is 11.9 Å². The van der Waals surface area contributed by atoms with Crippen molar-refractivity contribution in [3.8, 4) is 5.75 Å². The van der Waals surface area contributed by atoms with E-state index in [1.54, 1.807) is 31.4 Å². The van der Waals surface area contributed by atoms with Crippen LogP contribution in [-0.2, 0) is 14.3 Å². The van der Waals surface area contributed by atoms with Gasteiger partial charge in [-0.15, -0.1) is 0 Å². The highest BCUT2D eigenvalue weighted by atomic mass is 16.5. The molecular weight excluding hydrogens is 418 g/mol. The molecule has 0 radical (unpaired) electrons. The Morgan fingerprint density at radius 1 is 0.970 bits per heavy atom. The number of rotatable bonds is 10. The molecule has 0 atom stereocenters. The molecule has 6 nitrogen and oxygen atoms in total. The third kappa shape index (κ3) is 7.47. The minimum atomic E-state index is -0.405. The molecule has 2 aromatic rings. The highest BCUT2D eigenvalue weighted by Crippen LogP contribution is 2.25. The molecule has 0 aliphatic heterocycles. The summed E-state index contributed by atoms with van der Waals surface area (Å²) in [6, 6.07) is 14.5. The van der Waals surface area contributed by atoms with Gasteiger partial charge in [0.1, 0.15) is 5.75 Å². The Balaban J connectivity index is 1.51. The minimum absolute atomic E-state index is 0.327. The molecule has 1 aliphatic carbocycles. The second-order valence-corrected chi connectivity index (χ2v) is 7.52. The van der Waals surface area contributed by atoms with Crippen LogP contribution in [0.5, 0.6) is 5.75 Å². The average Bonchev–Trinajstić information content (AvgIpc) is 2.85. The standard InChI is InChI=1S/C27H29NO5/c1-28-24-13-15-25(16-14-24)33-27(30)23-11-9-22(10-12-23)21-7-5-20(6-8-21)19-26(29)32-18-4-3-17-31-2/h5,7-16,19,28H,3-4,6,17-18H2,1-2H3. The van der Waals surface area contributed by atoms with Crippen molar-refractivity contribution in [1.82, 2.24) is 0 Å². The molecule has 6 heteroatoms. The molecule has 0 bridgehead atoms. The predicted octanol–water partition coefficient (Wildman–Crippen LogP) is 5.19. The van der Waals surface area contributed by atoms with Crippen molar-refractivity contribution in [1.29, 1.82) is 0 Å². The number of carbonyl (C=O) groups excluding carboxylic acids is 2. The third-order valence-corrected chi connectivity index (χ3v) is 5.13. The molecule has 1 aliphatic rings. The molecule has 0 saturated heterocycles. The van der Waals surface area contributed by atoms with Gasteiger partial charge < -0.3 is 19.5 Å². The third-order valence-electron chi connectivity index (χ3n) is 5.13. The number of allylic oxidation sites excluding steroid dienone is 5. The van der Waals surface area contributed by atoms with Crippen molar-refractivity contribution in [2.24, 2.45) is 0 Å². The van der Waals surface area contributed by atoms with E-state index in [4.69, 9.17) is 14.2 Å². The van der Waals surface area contributed by atoms with Crippen molar-refractivity contribution in [2.45, 2.75) is 19.3 Å². The summed E-state index contributed by atoms with van der Waals surface area (Å²) in [7, 11) is 3.49. The van der Waals surface area contributed by atoms with Crippen LogP contribution >= 0.6 is 0 Å². The fourth-order valence-corrected chi connectivity index (χ4v) is 3.25. The van der Waals surface area contributed by atoms with E-state index < -0.39 is 5.97 Å². The lowest BCUT2D eigenvalue weighted by molar-refractivity contribution is -0.138. The first-order chi connectivity index (χ1) is 16.1. The van der Waals surface area contributed by atoms with E-state index in [-0.39, 0.29) is 5.97 Å². The van der Waals surface area contributed by atoms with Gasteiger partial charge in [-0.05, 0) is 72.4 Å². The number of carbonyl (C=O) groups is 2. The van der Waals surface area contributed by atoms with Crippen LogP contribution in [-0.4, -0.2) is 39.3 Å². The zero-order chi connectivity index (χ0) is 23.5. The van der Waals surface area contributed by atoms with Crippen molar-refractivity contribution < 1.29 is 23.8 Å². The first-order valence-electron chi connectivity index (χ1n) is 10.9. The summed E-state index contributed by atoms with van der Waals surface area (Å²) in [5.74, 6) is -0.237. The summed E-state index contributed by atoms with van der Waals surface area (Å²) in [6.45, 7) is 1.06. The molecule has 33 heavy (non-hydrogen) atoms. The maximum Gasteiger partial charge on any atom is 0.343 e. The zero-order valence-electron chi connectivity index (χ0n) is 19.0. The Morgan fingerprint density at radius 2 is 1.70 bits per heavy atom. The van der Waals surface area contributed by atoms with Crippen LogP contribution in [0.2, 0.25) is 0 Å². The van der Waals surface area contributed by atoms with Gasteiger partial charge in [0.25, 0.3) is 0 Å². The van der Waals surface area contributed by atoms with E-state index in [2.05, 4.69) is 5.32 Å². The summed E-state index contributed by atoms with van der Waals surface area (Å²) in [5.41, 5.74) is 4.33. The van der Waals surface area contributed by atoms with E-state index in [0.29, 0.717) is 30.9 Å². The fraction of sp³-hybridized carbons (Fsp3) is 0.259. The average molecular weight is 448 g/mol. The maximum atomic E-state index is 12.4. The monoisotopic (exact) mass is 447 g/mol. The smallest absolute Gasteiger partial charge is 0.343 e. The van der Waals surface area contributed by atoms with Gasteiger partial charge in [0, 0.05) is 32.5 Å². The first-order valence-corrected chi connectivity index (χ1v) is 10.9. The van der Waals surface area contributed by atoms with Crippen molar-refractivity contribution in [2.75, 3.05) is 32.7 Å². The molecule has 0 amide bonds. The number of anilines is 1. The molecule has 0 aromatic heterocycles. The molecule has 0 heterocycles. The number of methoxy groups -OCH3 is 1. The van der Waals surface area contributed by atoms with E-state index in [9.17, 15) is 9.59 Å². The predicted molar refractivity (Wildman–Crippen MR) is 129 cm³/mol. The molecule has 172 valence electrons. The lowest BCUT2D eigenvalue weighted by Crippen LogP contribution is -2.08. The first kappa shape index (κ1) is 24.0. The summed E-state index contributed by atoms with van der Waals surface area (Å²) in [4.78, 5) is 24.3. The van der Waals surface area contributed by atoms with Gasteiger partial charge in [0.15, 0.2) is 0 Å². The Labute approximate surface area is 194 Å². The second kappa shape index (κ2) is 12.4. The molecule has 0 spiro atoms. The Bertz CT molecular complexity index is 1030. The maximum absolute atomic E-state index is 12.4. The highest BCUT2D eigenvalue weighted by molar-refractivity contribution is 5.92. The van der Waals surface area contributed by atoms with Crippen molar-refractivity contribution >= 4 is 23.2 Å². The largest absolute Gasteiger partial charge is 0.463 e. The van der Waals surface area contributed by atoms with Gasteiger partial charge in [-0.25, -0.2) is 9.59 Å². The van der Waals surface area contributed by atoms with Gasteiger partial charge in [-0.2, -0.15) is 0 Å². The molecule has 2 aromatic carbocycles. The lowest BCUT2D eigenvalue weighted by atomic mass is 9.96. The van der Waals surface area contributed by atoms with Gasteiger partial charge in [-0.3, -0.25) is 0 Å². The number of esters is 2. The summed E-state index contributed by atoms with van der Waals surface area (Å²) < 4.78 is 15.6. The van der Waals surface area contributed by atoms with E-state index >= 15 is 0 Å². The highest BCUT2D eigenvalue weighted by Gasteiger charge is 2.11. The molecular formula is C27H29NO5. The van der Waals surface area contributed by atoms with Crippen molar-refractivity contribution in [3.05, 3.63) is 89.5 Å². The van der Waals surface area contributed by atoms with Gasteiger partial charge in [-0.1, -0.05) is 30.4 Å². The SMILES string of the molecule is CNc1ccc(OC(=O)c2ccc(C3=CCC(=CC(=O)OCCCCOC)C=C3)cc2)cc1. The number of benzene rings is 2. The number of hydrogen-bond acceptors (Lipinski definition) is 6. The van der Waals surface area contributed by atoms with Crippen LogP contribution in [0.15, 0.2) is 78.4 Å². The summed E-state index contributed by atoms with van der Waals surface area (Å²) in [6.07, 6.45) is 9.74. The quantitative estimate of drug-likeness (QED) is 0.234. The number of ether oxygens (including phenoxy) is 3. The lowest BCUT2D eigenvalue weighted by Gasteiger charge is -2.11. The van der Waals surface area contributed by atoms with E-state index in [0.717, 1.165) is 35.2 Å². The minimum Gasteiger partial charge on any atom is -0.463 e. The Kier molecular flexibility index (Phi) is 9.03. The number of unbranched alkanes of at least 4 members (excludes halogenated alkanes) is 1. The molecule has 1 N–H and O–H groups in total. The molecule has 3 rings (SSSR count). The van der Waals surface area contributed by atoms with Crippen molar-refractivity contribution in [3.63, 3.8) is 0 Å². The topological polar surface area (TPSA) is 73.9 Å². The Morgan fingerprint density at radius 3 is 2.33 bits per heavy atom. The number of hydrogen-bond donors (Lipinski definition) is 1. The molecule has 0 saturated carbocycles. The van der Waals surface area contributed by atoms with E-state index in [1.807, 2.05) is 49.5 Å². The van der Waals surface area contributed by atoms with Crippen LogP contribution in [0.3, 0.4) is 0 Å². The van der Waals surface area contributed by atoms with Crippen LogP contribution < -0.4 is 10.1 Å². The fourth-order valence-electron chi connectivity index (χ4n) is 3.25. The molecule has 0 unspecified atom stereocenters. The van der Waals surface area contributed by atoms with Crippen LogP contribution in [0.25, 0.3) is 5.57 Å². The molecule has 0 fully saturated rings. The normalized spacial score (nSPS) is 14.0. The summed E-state index contributed by atoms with van der Waals surface area (Å²) in [5, 5.41) is 3.02. The zero-order valence-corrected chi connectivity index (χ0v) is 19.0. The van der Waals surface area contributed by atoms with E-state index in [1.165, 1.54) is 6.08 Å². The van der Waals surface area contributed by atoms with Crippen LogP contribution in [0.4, 0.5) is 5.69 Å². The number of nitrogens with one attached hydrogen (secondary N) is 1. The van der Waals surface area contributed by atoms with Crippen LogP contribution in [0, 0.1) is 0 Å². The Hall–Kier alpha value is -3.64. The van der Waals surface area contributed by atoms with Crippen LogP contribution in [0.1, 0.15) is 35.2 Å². The summed E-state index contributed by atoms with van der Waals surface area (Å²) >= 11 is 0. The second-order valence-electron chi connectivity index (χ2n) is 7.52.